The number of aryl methyl sites for hydroxylation is 1. The Bertz CT molecular complexity index is 695. The van der Waals surface area contributed by atoms with Crippen molar-refractivity contribution in [3.05, 3.63) is 52.4 Å². The number of halogens is 1. The SMILES string of the molecule is Cc1cc(C(=O)Nc2ccc(Cl)cc2C#CCO)co1. The Morgan fingerprint density at radius 2 is 2.25 bits per heavy atom. The lowest BCUT2D eigenvalue weighted by atomic mass is 10.1. The summed E-state index contributed by atoms with van der Waals surface area (Å²) in [4.78, 5) is 12.0. The van der Waals surface area contributed by atoms with Crippen molar-refractivity contribution in [3.63, 3.8) is 0 Å². The van der Waals surface area contributed by atoms with E-state index in [2.05, 4.69) is 17.2 Å². The highest BCUT2D eigenvalue weighted by molar-refractivity contribution is 6.30. The van der Waals surface area contributed by atoms with E-state index in [1.54, 1.807) is 31.2 Å². The molecule has 1 heterocycles. The number of aliphatic hydroxyl groups is 1. The Balaban J connectivity index is 2.26. The lowest BCUT2D eigenvalue weighted by Crippen LogP contribution is -2.12. The van der Waals surface area contributed by atoms with Crippen LogP contribution in [0.4, 0.5) is 5.69 Å². The van der Waals surface area contributed by atoms with E-state index >= 15 is 0 Å². The van der Waals surface area contributed by atoms with E-state index in [1.807, 2.05) is 0 Å². The monoisotopic (exact) mass is 289 g/mol. The van der Waals surface area contributed by atoms with Crippen molar-refractivity contribution in [2.24, 2.45) is 0 Å². The van der Waals surface area contributed by atoms with Crippen molar-refractivity contribution in [2.45, 2.75) is 6.92 Å². The fourth-order valence-electron chi connectivity index (χ4n) is 1.62. The summed E-state index contributed by atoms with van der Waals surface area (Å²) in [6, 6.07) is 6.58. The largest absolute Gasteiger partial charge is 0.469 e. The number of anilines is 1. The molecule has 2 aromatic rings. The van der Waals surface area contributed by atoms with E-state index in [1.165, 1.54) is 6.26 Å². The quantitative estimate of drug-likeness (QED) is 0.836. The van der Waals surface area contributed by atoms with E-state index in [9.17, 15) is 4.79 Å². The van der Waals surface area contributed by atoms with Crippen LogP contribution in [0, 0.1) is 18.8 Å². The molecular weight excluding hydrogens is 278 g/mol. The van der Waals surface area contributed by atoms with Crippen LogP contribution < -0.4 is 5.32 Å². The number of hydrogen-bond acceptors (Lipinski definition) is 3. The highest BCUT2D eigenvalue weighted by atomic mass is 35.5. The first-order chi connectivity index (χ1) is 9.60. The maximum absolute atomic E-state index is 12.0. The van der Waals surface area contributed by atoms with Gasteiger partial charge in [-0.15, -0.1) is 0 Å². The number of nitrogens with one attached hydrogen (secondary N) is 1. The Morgan fingerprint density at radius 3 is 2.90 bits per heavy atom. The molecular formula is C15H12ClNO3. The number of hydrogen-bond donors (Lipinski definition) is 2. The zero-order valence-corrected chi connectivity index (χ0v) is 11.5. The maximum Gasteiger partial charge on any atom is 0.258 e. The van der Waals surface area contributed by atoms with Crippen LogP contribution in [0.1, 0.15) is 21.7 Å². The molecule has 5 heteroatoms. The Labute approximate surface area is 121 Å². The van der Waals surface area contributed by atoms with Gasteiger partial charge in [0, 0.05) is 10.6 Å². The van der Waals surface area contributed by atoms with Gasteiger partial charge >= 0.3 is 0 Å². The molecule has 0 spiro atoms. The van der Waals surface area contributed by atoms with Gasteiger partial charge in [-0.05, 0) is 31.2 Å². The second-order valence-corrected chi connectivity index (χ2v) is 4.49. The third-order valence-corrected chi connectivity index (χ3v) is 2.76. The molecule has 0 atom stereocenters. The van der Waals surface area contributed by atoms with Gasteiger partial charge in [0.1, 0.15) is 18.6 Å². The number of amides is 1. The minimum atomic E-state index is -0.295. The molecule has 0 aliphatic carbocycles. The van der Waals surface area contributed by atoms with Crippen LogP contribution in [0.3, 0.4) is 0 Å². The zero-order chi connectivity index (χ0) is 14.5. The summed E-state index contributed by atoms with van der Waals surface area (Å²) in [7, 11) is 0. The van der Waals surface area contributed by atoms with Crippen molar-refractivity contribution in [1.29, 1.82) is 0 Å². The summed E-state index contributed by atoms with van der Waals surface area (Å²) < 4.78 is 5.09. The van der Waals surface area contributed by atoms with E-state index < -0.39 is 0 Å². The molecule has 0 aliphatic heterocycles. The van der Waals surface area contributed by atoms with Crippen molar-refractivity contribution < 1.29 is 14.3 Å². The molecule has 20 heavy (non-hydrogen) atoms. The molecule has 102 valence electrons. The van der Waals surface area contributed by atoms with E-state index in [0.717, 1.165) is 0 Å². The zero-order valence-electron chi connectivity index (χ0n) is 10.7. The number of furan rings is 1. The third-order valence-electron chi connectivity index (χ3n) is 2.52. The van der Waals surface area contributed by atoms with Crippen molar-refractivity contribution in [2.75, 3.05) is 11.9 Å². The first-order valence-electron chi connectivity index (χ1n) is 5.86. The van der Waals surface area contributed by atoms with Gasteiger partial charge in [-0.1, -0.05) is 23.4 Å². The number of rotatable bonds is 2. The average Bonchev–Trinajstić information content (AvgIpc) is 2.85. The molecule has 4 nitrogen and oxygen atoms in total. The summed E-state index contributed by atoms with van der Waals surface area (Å²) >= 11 is 5.89. The number of benzene rings is 1. The smallest absolute Gasteiger partial charge is 0.258 e. The van der Waals surface area contributed by atoms with Gasteiger partial charge in [0.05, 0.1) is 11.3 Å². The van der Waals surface area contributed by atoms with Gasteiger partial charge in [0.15, 0.2) is 0 Å². The fourth-order valence-corrected chi connectivity index (χ4v) is 1.79. The summed E-state index contributed by atoms with van der Waals surface area (Å²) in [5, 5.41) is 12.0. The Kier molecular flexibility index (Phi) is 4.46. The predicted octanol–water partition coefficient (Wildman–Crippen LogP) is 2.84. The number of carbonyl (C=O) groups excluding carboxylic acids is 1. The highest BCUT2D eigenvalue weighted by Crippen LogP contribution is 2.21. The predicted molar refractivity (Wildman–Crippen MR) is 76.8 cm³/mol. The van der Waals surface area contributed by atoms with Gasteiger partial charge in [-0.3, -0.25) is 4.79 Å². The standard InChI is InChI=1S/C15H12ClNO3/c1-10-7-12(9-20-10)15(19)17-14-5-4-13(16)8-11(14)3-2-6-18/h4-5,7-9,18H,6H2,1H3,(H,17,19). The lowest BCUT2D eigenvalue weighted by molar-refractivity contribution is 0.102. The molecule has 0 saturated heterocycles. The molecule has 0 radical (unpaired) electrons. The van der Waals surface area contributed by atoms with Crippen LogP contribution in [-0.2, 0) is 0 Å². The molecule has 2 N–H and O–H groups in total. The van der Waals surface area contributed by atoms with E-state index in [-0.39, 0.29) is 12.5 Å². The molecule has 2 rings (SSSR count). The summed E-state index contributed by atoms with van der Waals surface area (Å²) in [6.07, 6.45) is 1.39. The molecule has 0 bridgehead atoms. The molecule has 0 unspecified atom stereocenters. The Morgan fingerprint density at radius 1 is 1.45 bits per heavy atom. The fraction of sp³-hybridized carbons (Fsp3) is 0.133. The van der Waals surface area contributed by atoms with Crippen LogP contribution in [-0.4, -0.2) is 17.6 Å². The lowest BCUT2D eigenvalue weighted by Gasteiger charge is -2.06. The first kappa shape index (κ1) is 14.2. The third kappa shape index (κ3) is 3.41. The summed E-state index contributed by atoms with van der Waals surface area (Å²) in [5.74, 6) is 5.63. The van der Waals surface area contributed by atoms with Crippen LogP contribution in [0.25, 0.3) is 0 Å². The van der Waals surface area contributed by atoms with Crippen LogP contribution in [0.15, 0.2) is 34.9 Å². The first-order valence-corrected chi connectivity index (χ1v) is 6.23. The van der Waals surface area contributed by atoms with Crippen LogP contribution in [0.5, 0.6) is 0 Å². The second-order valence-electron chi connectivity index (χ2n) is 4.05. The Hall–Kier alpha value is -2.22. The van der Waals surface area contributed by atoms with Gasteiger partial charge in [0.25, 0.3) is 5.91 Å². The summed E-state index contributed by atoms with van der Waals surface area (Å²) in [6.45, 7) is 1.50. The minimum absolute atomic E-state index is 0.263. The van der Waals surface area contributed by atoms with Gasteiger partial charge in [-0.25, -0.2) is 0 Å². The molecule has 1 amide bonds. The molecule has 0 aliphatic rings. The molecule has 1 aromatic heterocycles. The van der Waals surface area contributed by atoms with Crippen molar-refractivity contribution in [1.82, 2.24) is 0 Å². The van der Waals surface area contributed by atoms with Crippen molar-refractivity contribution >= 4 is 23.2 Å². The van der Waals surface area contributed by atoms with Crippen molar-refractivity contribution in [3.8, 4) is 11.8 Å². The van der Waals surface area contributed by atoms with Crippen LogP contribution in [0.2, 0.25) is 5.02 Å². The molecule has 1 aromatic carbocycles. The normalized spacial score (nSPS) is 9.75. The molecule has 0 saturated carbocycles. The number of carbonyl (C=O) groups is 1. The number of aliphatic hydroxyl groups excluding tert-OH is 1. The summed E-state index contributed by atoms with van der Waals surface area (Å²) in [5.41, 5.74) is 1.50. The van der Waals surface area contributed by atoms with Gasteiger partial charge < -0.3 is 14.8 Å². The second kappa shape index (κ2) is 6.29. The van der Waals surface area contributed by atoms with Crippen LogP contribution >= 0.6 is 11.6 Å². The maximum atomic E-state index is 12.0. The van der Waals surface area contributed by atoms with E-state index in [4.69, 9.17) is 21.1 Å². The topological polar surface area (TPSA) is 62.5 Å². The van der Waals surface area contributed by atoms with E-state index in [0.29, 0.717) is 27.6 Å². The van der Waals surface area contributed by atoms with Gasteiger partial charge in [0.2, 0.25) is 0 Å². The minimum Gasteiger partial charge on any atom is -0.469 e. The average molecular weight is 290 g/mol. The van der Waals surface area contributed by atoms with Gasteiger partial charge in [-0.2, -0.15) is 0 Å². The highest BCUT2D eigenvalue weighted by Gasteiger charge is 2.11. The molecule has 0 fully saturated rings.